The van der Waals surface area contributed by atoms with Crippen LogP contribution in [0.1, 0.15) is 31.9 Å². The number of hydrogen-bond acceptors (Lipinski definition) is 4. The van der Waals surface area contributed by atoms with Gasteiger partial charge in [-0.25, -0.2) is 14.3 Å². The van der Waals surface area contributed by atoms with E-state index in [2.05, 4.69) is 10.2 Å². The fraction of sp³-hybridized carbons (Fsp3) is 0.385. The lowest BCUT2D eigenvalue weighted by Crippen LogP contribution is -2.17. The first-order valence-electron chi connectivity index (χ1n) is 6.41. The van der Waals surface area contributed by atoms with Crippen LogP contribution in [0.4, 0.5) is 4.39 Å². The maximum atomic E-state index is 13.9. The Labute approximate surface area is 120 Å². The highest BCUT2D eigenvalue weighted by atomic mass is 32.2. The van der Waals surface area contributed by atoms with Crippen LogP contribution < -0.4 is 11.4 Å². The molecule has 1 aromatic heterocycles. The van der Waals surface area contributed by atoms with Crippen LogP contribution in [0.15, 0.2) is 33.0 Å². The molecule has 20 heavy (non-hydrogen) atoms. The highest BCUT2D eigenvalue weighted by molar-refractivity contribution is 7.99. The fourth-order valence-corrected chi connectivity index (χ4v) is 3.06. The molecular formula is C13H17FN4OS. The number of aromatic amines is 1. The van der Waals surface area contributed by atoms with E-state index in [1.54, 1.807) is 23.6 Å². The smallest absolute Gasteiger partial charge is 0.324 e. The van der Waals surface area contributed by atoms with Gasteiger partial charge in [-0.3, -0.25) is 4.57 Å². The van der Waals surface area contributed by atoms with Crippen LogP contribution in [-0.2, 0) is 6.54 Å². The lowest BCUT2D eigenvalue weighted by atomic mass is 10.1. The average molecular weight is 296 g/mol. The van der Waals surface area contributed by atoms with E-state index < -0.39 is 6.04 Å². The van der Waals surface area contributed by atoms with E-state index in [-0.39, 0.29) is 11.5 Å². The van der Waals surface area contributed by atoms with E-state index in [0.717, 1.165) is 6.42 Å². The number of H-pyrrole nitrogens is 1. The number of halogens is 1. The van der Waals surface area contributed by atoms with Crippen LogP contribution in [0.25, 0.3) is 0 Å². The predicted molar refractivity (Wildman–Crippen MR) is 76.3 cm³/mol. The lowest BCUT2D eigenvalue weighted by Gasteiger charge is -2.13. The van der Waals surface area contributed by atoms with Crippen LogP contribution in [-0.4, -0.2) is 14.8 Å². The normalized spacial score (nSPS) is 12.6. The van der Waals surface area contributed by atoms with Crippen molar-refractivity contribution in [2.24, 2.45) is 5.73 Å². The van der Waals surface area contributed by atoms with Gasteiger partial charge in [0, 0.05) is 23.0 Å². The fourth-order valence-electron chi connectivity index (χ4n) is 1.95. The quantitative estimate of drug-likeness (QED) is 0.887. The van der Waals surface area contributed by atoms with Gasteiger partial charge in [-0.15, -0.1) is 5.10 Å². The molecule has 0 aliphatic carbocycles. The third-order valence-electron chi connectivity index (χ3n) is 2.84. The van der Waals surface area contributed by atoms with E-state index >= 15 is 0 Å². The Hall–Kier alpha value is -1.60. The first kappa shape index (κ1) is 14.8. The summed E-state index contributed by atoms with van der Waals surface area (Å²) in [5.74, 6) is -0.343. The zero-order valence-electron chi connectivity index (χ0n) is 11.4. The maximum Gasteiger partial charge on any atom is 0.343 e. The van der Waals surface area contributed by atoms with Crippen molar-refractivity contribution in [3.8, 4) is 0 Å². The molecule has 0 saturated heterocycles. The number of nitrogens with zero attached hydrogens (tertiary/aromatic N) is 2. The lowest BCUT2D eigenvalue weighted by molar-refractivity contribution is 0.584. The maximum absolute atomic E-state index is 13.9. The van der Waals surface area contributed by atoms with Crippen molar-refractivity contribution in [3.63, 3.8) is 0 Å². The number of rotatable bonds is 5. The van der Waals surface area contributed by atoms with Gasteiger partial charge < -0.3 is 5.73 Å². The summed E-state index contributed by atoms with van der Waals surface area (Å²) in [5, 5.41) is 6.92. The molecule has 2 rings (SSSR count). The Bertz CT molecular complexity index is 650. The van der Waals surface area contributed by atoms with Crippen LogP contribution in [0.5, 0.6) is 0 Å². The molecule has 7 heteroatoms. The van der Waals surface area contributed by atoms with Crippen molar-refractivity contribution < 1.29 is 4.39 Å². The van der Waals surface area contributed by atoms with Gasteiger partial charge in [0.25, 0.3) is 0 Å². The largest absolute Gasteiger partial charge is 0.343 e. The molecule has 5 nitrogen and oxygen atoms in total. The third-order valence-corrected chi connectivity index (χ3v) is 3.91. The third kappa shape index (κ3) is 2.94. The van der Waals surface area contributed by atoms with Gasteiger partial charge in [-0.1, -0.05) is 13.0 Å². The SMILES string of the molecule is CCCn1c(Sc2cccc(F)c2[C@@H](C)N)n[nH]c1=O. The van der Waals surface area contributed by atoms with Crippen molar-refractivity contribution in [2.45, 2.75) is 42.9 Å². The Balaban J connectivity index is 2.40. The van der Waals surface area contributed by atoms with Gasteiger partial charge in [0.2, 0.25) is 0 Å². The molecule has 108 valence electrons. The van der Waals surface area contributed by atoms with E-state index in [0.29, 0.717) is 22.2 Å². The summed E-state index contributed by atoms with van der Waals surface area (Å²) in [6.07, 6.45) is 0.816. The van der Waals surface area contributed by atoms with Gasteiger partial charge in [-0.05, 0) is 37.2 Å². The molecule has 0 aliphatic rings. The van der Waals surface area contributed by atoms with Crippen molar-refractivity contribution >= 4 is 11.8 Å². The highest BCUT2D eigenvalue weighted by Gasteiger charge is 2.16. The molecule has 0 radical (unpaired) electrons. The number of aromatic nitrogens is 3. The molecule has 0 fully saturated rings. The topological polar surface area (TPSA) is 76.7 Å². The second-order valence-electron chi connectivity index (χ2n) is 4.51. The highest BCUT2D eigenvalue weighted by Crippen LogP contribution is 2.32. The Morgan fingerprint density at radius 2 is 2.30 bits per heavy atom. The number of hydrogen-bond donors (Lipinski definition) is 2. The van der Waals surface area contributed by atoms with Crippen molar-refractivity contribution in [1.82, 2.24) is 14.8 Å². The molecule has 0 aliphatic heterocycles. The standard InChI is InChI=1S/C13H17FN4OS/c1-3-7-18-12(19)16-17-13(18)20-10-6-4-5-9(14)11(10)8(2)15/h4-6,8H,3,7,15H2,1-2H3,(H,16,19)/t8-/m1/s1. The second kappa shape index (κ2) is 6.23. The summed E-state index contributed by atoms with van der Waals surface area (Å²) in [7, 11) is 0. The molecule has 2 aromatic rings. The summed E-state index contributed by atoms with van der Waals surface area (Å²) in [6.45, 7) is 4.27. The minimum absolute atomic E-state index is 0.256. The summed E-state index contributed by atoms with van der Waals surface area (Å²) in [6, 6.07) is 4.36. The zero-order chi connectivity index (χ0) is 14.7. The molecule has 1 heterocycles. The van der Waals surface area contributed by atoms with Crippen LogP contribution in [0.3, 0.4) is 0 Å². The molecule has 0 spiro atoms. The number of benzene rings is 1. The van der Waals surface area contributed by atoms with Gasteiger partial charge in [-0.2, -0.15) is 0 Å². The summed E-state index contributed by atoms with van der Waals surface area (Å²) in [4.78, 5) is 12.3. The Morgan fingerprint density at radius 3 is 2.95 bits per heavy atom. The van der Waals surface area contributed by atoms with E-state index in [9.17, 15) is 9.18 Å². The monoisotopic (exact) mass is 296 g/mol. The first-order valence-corrected chi connectivity index (χ1v) is 7.23. The zero-order valence-corrected chi connectivity index (χ0v) is 12.2. The molecular weight excluding hydrogens is 279 g/mol. The van der Waals surface area contributed by atoms with Crippen molar-refractivity contribution in [2.75, 3.05) is 0 Å². The molecule has 3 N–H and O–H groups in total. The molecule has 0 amide bonds. The molecule has 1 aromatic carbocycles. The first-order chi connectivity index (χ1) is 9.54. The van der Waals surface area contributed by atoms with Gasteiger partial charge >= 0.3 is 5.69 Å². The van der Waals surface area contributed by atoms with Crippen LogP contribution in [0.2, 0.25) is 0 Å². The Kier molecular flexibility index (Phi) is 4.61. The van der Waals surface area contributed by atoms with E-state index in [1.165, 1.54) is 17.8 Å². The summed E-state index contributed by atoms with van der Waals surface area (Å²) < 4.78 is 15.4. The van der Waals surface area contributed by atoms with E-state index in [4.69, 9.17) is 5.73 Å². The second-order valence-corrected chi connectivity index (χ2v) is 5.51. The molecule has 0 bridgehead atoms. The van der Waals surface area contributed by atoms with Gasteiger partial charge in [0.1, 0.15) is 5.82 Å². The van der Waals surface area contributed by atoms with E-state index in [1.807, 2.05) is 6.92 Å². The minimum Gasteiger partial charge on any atom is -0.324 e. The van der Waals surface area contributed by atoms with Crippen molar-refractivity contribution in [1.29, 1.82) is 0 Å². The Morgan fingerprint density at radius 1 is 1.55 bits per heavy atom. The van der Waals surface area contributed by atoms with Gasteiger partial charge in [0.15, 0.2) is 5.16 Å². The average Bonchev–Trinajstić information content (AvgIpc) is 2.72. The molecule has 0 saturated carbocycles. The molecule has 1 atom stereocenters. The number of nitrogens with two attached hydrogens (primary N) is 1. The summed E-state index contributed by atoms with van der Waals surface area (Å²) in [5.41, 5.74) is 6.01. The number of nitrogens with one attached hydrogen (secondary N) is 1. The van der Waals surface area contributed by atoms with Crippen LogP contribution in [0, 0.1) is 5.82 Å². The minimum atomic E-state index is -0.427. The van der Waals surface area contributed by atoms with Gasteiger partial charge in [0.05, 0.1) is 0 Å². The van der Waals surface area contributed by atoms with Crippen LogP contribution >= 0.6 is 11.8 Å². The summed E-state index contributed by atoms with van der Waals surface area (Å²) >= 11 is 1.24. The molecule has 0 unspecified atom stereocenters. The predicted octanol–water partition coefficient (Wildman–Crippen LogP) is 2.29. The van der Waals surface area contributed by atoms with Crippen molar-refractivity contribution in [3.05, 3.63) is 40.1 Å².